The molecular weight excluding hydrogens is 254 g/mol. The van der Waals surface area contributed by atoms with Crippen LogP contribution in [0.2, 0.25) is 0 Å². The minimum Gasteiger partial charge on any atom is -0.477 e. The van der Waals surface area contributed by atoms with Crippen LogP contribution >= 0.6 is 11.5 Å². The van der Waals surface area contributed by atoms with E-state index in [4.69, 9.17) is 5.11 Å². The van der Waals surface area contributed by atoms with Crippen LogP contribution < -0.4 is 0 Å². The highest BCUT2D eigenvalue weighted by atomic mass is 32.1. The monoisotopic (exact) mass is 263 g/mol. The summed E-state index contributed by atoms with van der Waals surface area (Å²) in [6.07, 6.45) is 0. The number of nitrogens with zero attached hydrogens (tertiary/aromatic N) is 1. The number of ether oxygens (including phenoxy) is 1. The van der Waals surface area contributed by atoms with Crippen molar-refractivity contribution in [1.29, 1.82) is 0 Å². The van der Waals surface area contributed by atoms with Gasteiger partial charge in [0.2, 0.25) is 0 Å². The highest BCUT2D eigenvalue weighted by Gasteiger charge is 2.26. The number of carboxylic acid groups (broad SMARTS) is 1. The van der Waals surface area contributed by atoms with Gasteiger partial charge < -0.3 is 9.84 Å². The van der Waals surface area contributed by atoms with E-state index in [-0.39, 0.29) is 10.4 Å². The van der Waals surface area contributed by atoms with Gasteiger partial charge in [0.25, 0.3) is 0 Å². The summed E-state index contributed by atoms with van der Waals surface area (Å²) in [7, 11) is 1.21. The highest BCUT2D eigenvalue weighted by molar-refractivity contribution is 7.08. The molecule has 0 saturated heterocycles. The summed E-state index contributed by atoms with van der Waals surface area (Å²) in [4.78, 5) is 22.6. The zero-order valence-electron chi connectivity index (χ0n) is 9.41. The Hall–Kier alpha value is -2.21. The van der Waals surface area contributed by atoms with Gasteiger partial charge in [0.05, 0.1) is 12.8 Å². The lowest BCUT2D eigenvalue weighted by Gasteiger charge is -2.02. The van der Waals surface area contributed by atoms with Gasteiger partial charge in [0.15, 0.2) is 0 Å². The second-order valence-corrected chi connectivity index (χ2v) is 4.17. The average molecular weight is 263 g/mol. The first-order valence-electron chi connectivity index (χ1n) is 5.02. The molecule has 0 fully saturated rings. The third-order valence-electron chi connectivity index (χ3n) is 2.32. The lowest BCUT2D eigenvalue weighted by molar-refractivity contribution is 0.0586. The van der Waals surface area contributed by atoms with E-state index in [0.717, 1.165) is 11.5 Å². The van der Waals surface area contributed by atoms with Crippen LogP contribution in [-0.2, 0) is 4.74 Å². The fourth-order valence-corrected chi connectivity index (χ4v) is 2.25. The molecule has 1 aromatic carbocycles. The fraction of sp³-hybridized carbons (Fsp3) is 0.0833. The van der Waals surface area contributed by atoms with Gasteiger partial charge in [-0.25, -0.2) is 9.59 Å². The lowest BCUT2D eigenvalue weighted by atomic mass is 10.1. The van der Waals surface area contributed by atoms with Crippen molar-refractivity contribution < 1.29 is 19.4 Å². The molecule has 0 saturated carbocycles. The summed E-state index contributed by atoms with van der Waals surface area (Å²) in [6.45, 7) is 0. The predicted molar refractivity (Wildman–Crippen MR) is 65.8 cm³/mol. The van der Waals surface area contributed by atoms with E-state index in [9.17, 15) is 9.59 Å². The van der Waals surface area contributed by atoms with Crippen molar-refractivity contribution in [2.45, 2.75) is 0 Å². The van der Waals surface area contributed by atoms with Gasteiger partial charge in [-0.15, -0.1) is 0 Å². The number of esters is 1. The molecule has 2 rings (SSSR count). The van der Waals surface area contributed by atoms with Crippen molar-refractivity contribution in [3.8, 4) is 11.3 Å². The maximum atomic E-state index is 11.7. The summed E-state index contributed by atoms with van der Waals surface area (Å²) in [5.41, 5.74) is 1.02. The molecule has 1 heterocycles. The molecule has 5 nitrogen and oxygen atoms in total. The molecule has 1 N–H and O–H groups in total. The molecule has 6 heteroatoms. The Balaban J connectivity index is 2.62. The van der Waals surface area contributed by atoms with Gasteiger partial charge in [-0.2, -0.15) is 4.37 Å². The summed E-state index contributed by atoms with van der Waals surface area (Å²) in [5.74, 6) is -1.88. The van der Waals surface area contributed by atoms with Gasteiger partial charge in [-0.3, -0.25) is 0 Å². The molecule has 0 radical (unpaired) electrons. The number of aromatic carboxylic acids is 1. The second-order valence-electron chi connectivity index (χ2n) is 3.40. The molecule has 92 valence electrons. The first kappa shape index (κ1) is 12.3. The SMILES string of the molecule is COC(=O)c1c(-c2ccccc2)nsc1C(=O)O. The number of rotatable bonds is 3. The number of carbonyl (C=O) groups is 2. The number of methoxy groups -OCH3 is 1. The first-order valence-corrected chi connectivity index (χ1v) is 5.79. The van der Waals surface area contributed by atoms with Crippen molar-refractivity contribution >= 4 is 23.5 Å². The van der Waals surface area contributed by atoms with Crippen LogP contribution in [-0.4, -0.2) is 28.5 Å². The molecular formula is C12H9NO4S. The maximum absolute atomic E-state index is 11.7. The van der Waals surface area contributed by atoms with Gasteiger partial charge in [0, 0.05) is 5.56 Å². The molecule has 0 atom stereocenters. The van der Waals surface area contributed by atoms with Crippen LogP contribution in [0.25, 0.3) is 11.3 Å². The van der Waals surface area contributed by atoms with E-state index in [1.165, 1.54) is 7.11 Å². The Morgan fingerprint density at radius 3 is 2.50 bits per heavy atom. The topological polar surface area (TPSA) is 76.5 Å². The first-order chi connectivity index (χ1) is 8.65. The van der Waals surface area contributed by atoms with E-state index >= 15 is 0 Å². The lowest BCUT2D eigenvalue weighted by Crippen LogP contribution is -2.08. The van der Waals surface area contributed by atoms with E-state index in [2.05, 4.69) is 9.11 Å². The van der Waals surface area contributed by atoms with Gasteiger partial charge in [-0.05, 0) is 11.5 Å². The van der Waals surface area contributed by atoms with Crippen LogP contribution in [0.4, 0.5) is 0 Å². The number of carboxylic acids is 1. The molecule has 0 aliphatic rings. The summed E-state index contributed by atoms with van der Waals surface area (Å²) in [5, 5.41) is 9.03. The summed E-state index contributed by atoms with van der Waals surface area (Å²) >= 11 is 0.772. The highest BCUT2D eigenvalue weighted by Crippen LogP contribution is 2.28. The Labute approximate surface area is 107 Å². The Morgan fingerprint density at radius 1 is 1.28 bits per heavy atom. The van der Waals surface area contributed by atoms with Crippen LogP contribution in [0.1, 0.15) is 20.0 Å². The van der Waals surface area contributed by atoms with Crippen LogP contribution in [0.15, 0.2) is 30.3 Å². The molecule has 2 aromatic rings. The third kappa shape index (κ3) is 2.10. The number of hydrogen-bond acceptors (Lipinski definition) is 5. The Morgan fingerprint density at radius 2 is 1.94 bits per heavy atom. The molecule has 0 spiro atoms. The second kappa shape index (κ2) is 4.97. The van der Waals surface area contributed by atoms with E-state index in [0.29, 0.717) is 11.3 Å². The smallest absolute Gasteiger partial charge is 0.348 e. The summed E-state index contributed by atoms with van der Waals surface area (Å²) < 4.78 is 8.65. The van der Waals surface area contributed by atoms with Gasteiger partial charge in [0.1, 0.15) is 10.4 Å². The largest absolute Gasteiger partial charge is 0.477 e. The van der Waals surface area contributed by atoms with Crippen molar-refractivity contribution in [3.05, 3.63) is 40.8 Å². The number of hydrogen-bond donors (Lipinski definition) is 1. The van der Waals surface area contributed by atoms with E-state index in [1.54, 1.807) is 24.3 Å². The van der Waals surface area contributed by atoms with Crippen LogP contribution in [0, 0.1) is 0 Å². The van der Waals surface area contributed by atoms with Crippen molar-refractivity contribution in [3.63, 3.8) is 0 Å². The molecule has 1 aromatic heterocycles. The van der Waals surface area contributed by atoms with Crippen molar-refractivity contribution in [1.82, 2.24) is 4.37 Å². The third-order valence-corrected chi connectivity index (χ3v) is 3.16. The quantitative estimate of drug-likeness (QED) is 0.860. The summed E-state index contributed by atoms with van der Waals surface area (Å²) in [6, 6.07) is 8.92. The van der Waals surface area contributed by atoms with Gasteiger partial charge in [-0.1, -0.05) is 30.3 Å². The van der Waals surface area contributed by atoms with Crippen LogP contribution in [0.5, 0.6) is 0 Å². The number of benzene rings is 1. The number of aromatic nitrogens is 1. The zero-order valence-corrected chi connectivity index (χ0v) is 10.2. The number of carbonyl (C=O) groups excluding carboxylic acids is 1. The molecule has 0 amide bonds. The minimum absolute atomic E-state index is 0.00111. The fourth-order valence-electron chi connectivity index (χ4n) is 1.52. The minimum atomic E-state index is -1.19. The zero-order chi connectivity index (χ0) is 13.1. The van der Waals surface area contributed by atoms with E-state index in [1.807, 2.05) is 6.07 Å². The van der Waals surface area contributed by atoms with Gasteiger partial charge >= 0.3 is 11.9 Å². The molecule has 0 unspecified atom stereocenters. The molecule has 18 heavy (non-hydrogen) atoms. The standard InChI is InChI=1S/C12H9NO4S/c1-17-12(16)8-9(7-5-3-2-4-6-7)13-18-10(8)11(14)15/h2-6H,1H3,(H,14,15). The maximum Gasteiger partial charge on any atom is 0.348 e. The molecule has 0 aliphatic heterocycles. The van der Waals surface area contributed by atoms with Crippen molar-refractivity contribution in [2.24, 2.45) is 0 Å². The predicted octanol–water partition coefficient (Wildman–Crippen LogP) is 2.29. The molecule has 0 bridgehead atoms. The Bertz CT molecular complexity index is 591. The van der Waals surface area contributed by atoms with Crippen molar-refractivity contribution in [2.75, 3.05) is 7.11 Å². The normalized spacial score (nSPS) is 10.1. The average Bonchev–Trinajstić information content (AvgIpc) is 2.83. The van der Waals surface area contributed by atoms with Crippen LogP contribution in [0.3, 0.4) is 0 Å². The molecule has 0 aliphatic carbocycles. The van der Waals surface area contributed by atoms with E-state index < -0.39 is 11.9 Å². The Kier molecular flexibility index (Phi) is 3.38.